The van der Waals surface area contributed by atoms with Crippen LogP contribution in [0.15, 0.2) is 12.1 Å². The molecule has 0 radical (unpaired) electrons. The molecule has 11 heavy (non-hydrogen) atoms. The van der Waals surface area contributed by atoms with Crippen LogP contribution in [0.2, 0.25) is 0 Å². The van der Waals surface area contributed by atoms with Crippen LogP contribution in [0.3, 0.4) is 0 Å². The molecule has 0 fully saturated rings. The van der Waals surface area contributed by atoms with E-state index in [9.17, 15) is 0 Å². The second-order valence-electron chi connectivity index (χ2n) is 2.11. The monoisotopic (exact) mass is 174 g/mol. The third kappa shape index (κ3) is 1.81. The van der Waals surface area contributed by atoms with Crippen molar-refractivity contribution in [2.24, 2.45) is 0 Å². The Hall–Kier alpha value is -1.29. The second kappa shape index (κ2) is 3.21. The van der Waals surface area contributed by atoms with Gasteiger partial charge in [0.25, 0.3) is 0 Å². The zero-order chi connectivity index (χ0) is 7.72. The van der Waals surface area contributed by atoms with E-state index in [0.29, 0.717) is 22.7 Å². The summed E-state index contributed by atoms with van der Waals surface area (Å²) in [7, 11) is 0. The topological polar surface area (TPSA) is 104 Å². The van der Waals surface area contributed by atoms with Crippen molar-refractivity contribution >= 4 is 35.2 Å². The van der Waals surface area contributed by atoms with Crippen molar-refractivity contribution in [1.82, 2.24) is 0 Å². The summed E-state index contributed by atoms with van der Waals surface area (Å²) < 4.78 is 0. The van der Waals surface area contributed by atoms with Gasteiger partial charge in [0.1, 0.15) is 0 Å². The van der Waals surface area contributed by atoms with Crippen molar-refractivity contribution in [3.05, 3.63) is 12.1 Å². The standard InChI is InChI=1S/C6H10N4.ClH/c7-3-1-4(8)6(10)2-5(3)9;/h1-2H,7-10H2;1H. The summed E-state index contributed by atoms with van der Waals surface area (Å²) in [6.07, 6.45) is 0. The Bertz CT molecular complexity index is 211. The molecule has 0 saturated heterocycles. The predicted octanol–water partition coefficient (Wildman–Crippen LogP) is 0.437. The van der Waals surface area contributed by atoms with Gasteiger partial charge in [-0.3, -0.25) is 0 Å². The molecule has 0 unspecified atom stereocenters. The minimum atomic E-state index is 0. The van der Waals surface area contributed by atoms with Crippen LogP contribution in [0.25, 0.3) is 0 Å². The molecule has 0 atom stereocenters. The largest absolute Gasteiger partial charge is 0.397 e. The van der Waals surface area contributed by atoms with E-state index in [4.69, 9.17) is 22.9 Å². The highest BCUT2D eigenvalue weighted by atomic mass is 35.5. The van der Waals surface area contributed by atoms with Crippen molar-refractivity contribution < 1.29 is 0 Å². The molecule has 0 aromatic heterocycles. The maximum Gasteiger partial charge on any atom is 0.0570 e. The molecule has 0 bridgehead atoms. The van der Waals surface area contributed by atoms with Crippen LogP contribution in [0.4, 0.5) is 22.7 Å². The van der Waals surface area contributed by atoms with Crippen LogP contribution in [0, 0.1) is 0 Å². The number of hydrogen-bond acceptors (Lipinski definition) is 4. The van der Waals surface area contributed by atoms with Gasteiger partial charge in [-0.05, 0) is 12.1 Å². The van der Waals surface area contributed by atoms with Gasteiger partial charge in [0.2, 0.25) is 0 Å². The van der Waals surface area contributed by atoms with E-state index < -0.39 is 0 Å². The van der Waals surface area contributed by atoms with E-state index in [-0.39, 0.29) is 12.4 Å². The van der Waals surface area contributed by atoms with Crippen molar-refractivity contribution in [3.8, 4) is 0 Å². The maximum absolute atomic E-state index is 5.43. The number of rotatable bonds is 0. The Labute approximate surface area is 70.9 Å². The van der Waals surface area contributed by atoms with E-state index in [1.165, 1.54) is 0 Å². The number of benzene rings is 1. The zero-order valence-corrected chi connectivity index (χ0v) is 6.69. The summed E-state index contributed by atoms with van der Waals surface area (Å²) in [6.45, 7) is 0. The summed E-state index contributed by atoms with van der Waals surface area (Å²) in [5.41, 5.74) is 23.6. The van der Waals surface area contributed by atoms with Gasteiger partial charge in [0.05, 0.1) is 22.7 Å². The SMILES string of the molecule is Cl.Nc1cc(N)c(N)cc1N. The molecule has 1 aromatic carbocycles. The van der Waals surface area contributed by atoms with Crippen LogP contribution in [-0.4, -0.2) is 0 Å². The lowest BCUT2D eigenvalue weighted by molar-refractivity contribution is 1.64. The first-order valence-corrected chi connectivity index (χ1v) is 2.81. The first-order chi connectivity index (χ1) is 4.61. The van der Waals surface area contributed by atoms with Gasteiger partial charge in [-0.2, -0.15) is 0 Å². The zero-order valence-electron chi connectivity index (χ0n) is 5.87. The van der Waals surface area contributed by atoms with Gasteiger partial charge < -0.3 is 22.9 Å². The molecule has 5 heteroatoms. The van der Waals surface area contributed by atoms with Gasteiger partial charge in [0, 0.05) is 0 Å². The maximum atomic E-state index is 5.43. The van der Waals surface area contributed by atoms with Crippen molar-refractivity contribution in [1.29, 1.82) is 0 Å². The number of hydrogen-bond donors (Lipinski definition) is 4. The Morgan fingerprint density at radius 2 is 0.818 bits per heavy atom. The summed E-state index contributed by atoms with van der Waals surface area (Å²) in [6, 6.07) is 3.09. The van der Waals surface area contributed by atoms with E-state index in [2.05, 4.69) is 0 Å². The van der Waals surface area contributed by atoms with Crippen LogP contribution in [0.1, 0.15) is 0 Å². The molecule has 1 aromatic rings. The number of nitrogens with two attached hydrogens (primary N) is 4. The van der Waals surface area contributed by atoms with E-state index in [1.54, 1.807) is 12.1 Å². The molecule has 0 aliphatic heterocycles. The highest BCUT2D eigenvalue weighted by Crippen LogP contribution is 2.23. The fourth-order valence-corrected chi connectivity index (χ4v) is 0.668. The lowest BCUT2D eigenvalue weighted by Crippen LogP contribution is -2.00. The van der Waals surface area contributed by atoms with Crippen LogP contribution in [0.5, 0.6) is 0 Å². The average Bonchev–Trinajstić information content (AvgIpc) is 1.84. The Balaban J connectivity index is 0.000001000. The molecule has 0 amide bonds. The molecule has 0 heterocycles. The summed E-state index contributed by atoms with van der Waals surface area (Å²) in [5, 5.41) is 0. The van der Waals surface area contributed by atoms with Crippen molar-refractivity contribution in [3.63, 3.8) is 0 Å². The fraction of sp³-hybridized carbons (Fsp3) is 0. The van der Waals surface area contributed by atoms with Crippen molar-refractivity contribution in [2.45, 2.75) is 0 Å². The van der Waals surface area contributed by atoms with E-state index >= 15 is 0 Å². The Morgan fingerprint density at radius 3 is 1.00 bits per heavy atom. The third-order valence-corrected chi connectivity index (χ3v) is 1.29. The fourth-order valence-electron chi connectivity index (χ4n) is 0.668. The lowest BCUT2D eigenvalue weighted by Gasteiger charge is -2.03. The highest BCUT2D eigenvalue weighted by molar-refractivity contribution is 5.85. The minimum Gasteiger partial charge on any atom is -0.397 e. The van der Waals surface area contributed by atoms with Crippen LogP contribution < -0.4 is 22.9 Å². The van der Waals surface area contributed by atoms with Gasteiger partial charge in [-0.15, -0.1) is 12.4 Å². The molecule has 8 N–H and O–H groups in total. The van der Waals surface area contributed by atoms with Crippen molar-refractivity contribution in [2.75, 3.05) is 22.9 Å². The molecule has 4 nitrogen and oxygen atoms in total. The van der Waals surface area contributed by atoms with Gasteiger partial charge >= 0.3 is 0 Å². The Kier molecular flexibility index (Phi) is 2.83. The summed E-state index contributed by atoms with van der Waals surface area (Å²) >= 11 is 0. The molecule has 62 valence electrons. The second-order valence-corrected chi connectivity index (χ2v) is 2.11. The summed E-state index contributed by atoms with van der Waals surface area (Å²) in [4.78, 5) is 0. The number of anilines is 4. The number of halogens is 1. The van der Waals surface area contributed by atoms with Crippen LogP contribution in [-0.2, 0) is 0 Å². The average molecular weight is 175 g/mol. The third-order valence-electron chi connectivity index (χ3n) is 1.29. The molecule has 0 saturated carbocycles. The molecule has 0 spiro atoms. The summed E-state index contributed by atoms with van der Waals surface area (Å²) in [5.74, 6) is 0. The predicted molar refractivity (Wildman–Crippen MR) is 51.3 cm³/mol. The first-order valence-electron chi connectivity index (χ1n) is 2.81. The van der Waals surface area contributed by atoms with E-state index in [1.807, 2.05) is 0 Å². The van der Waals surface area contributed by atoms with Gasteiger partial charge in [0.15, 0.2) is 0 Å². The smallest absolute Gasteiger partial charge is 0.0570 e. The first kappa shape index (κ1) is 9.71. The number of nitrogen functional groups attached to an aromatic ring is 4. The molecule has 1 rings (SSSR count). The molecular weight excluding hydrogens is 164 g/mol. The van der Waals surface area contributed by atoms with Gasteiger partial charge in [-0.25, -0.2) is 0 Å². The van der Waals surface area contributed by atoms with Gasteiger partial charge in [-0.1, -0.05) is 0 Å². The Morgan fingerprint density at radius 1 is 0.636 bits per heavy atom. The quantitative estimate of drug-likeness (QED) is 0.429. The normalized spacial score (nSPS) is 8.73. The highest BCUT2D eigenvalue weighted by Gasteiger charge is 1.97. The molecular formula is C6H11ClN4. The molecule has 0 aliphatic carbocycles. The lowest BCUT2D eigenvalue weighted by atomic mass is 10.2. The van der Waals surface area contributed by atoms with E-state index in [0.717, 1.165) is 0 Å². The van der Waals surface area contributed by atoms with Crippen LogP contribution >= 0.6 is 12.4 Å². The minimum absolute atomic E-state index is 0. The molecule has 0 aliphatic rings.